The first kappa shape index (κ1) is 14.0. The lowest BCUT2D eigenvalue weighted by Gasteiger charge is -2.06. The molecule has 1 aliphatic rings. The zero-order chi connectivity index (χ0) is 11.5. The summed E-state index contributed by atoms with van der Waals surface area (Å²) >= 11 is 0. The molecule has 0 unspecified atom stereocenters. The molecular weight excluding hydrogens is 240 g/mol. The standard InChI is InChI=1S/C11H18N4O.ClH/c1-7-11(8(2)15-14-7)13-10(16)6-12-5-9-3-4-9;/h9,12H,3-6H2,1-2H3,(H,13,16)(H,14,15);1H. The number of aryl methyl sites for hydroxylation is 2. The van der Waals surface area contributed by atoms with E-state index >= 15 is 0 Å². The minimum absolute atomic E-state index is 0. The Labute approximate surface area is 107 Å². The topological polar surface area (TPSA) is 69.8 Å². The highest BCUT2D eigenvalue weighted by Gasteiger charge is 2.20. The predicted octanol–water partition coefficient (Wildman–Crippen LogP) is 1.39. The Balaban J connectivity index is 0.00000144. The second-order valence-electron chi connectivity index (χ2n) is 4.43. The molecule has 0 aromatic carbocycles. The van der Waals surface area contributed by atoms with Crippen molar-refractivity contribution in [3.05, 3.63) is 11.4 Å². The van der Waals surface area contributed by atoms with Crippen LogP contribution in [0.15, 0.2) is 0 Å². The molecule has 0 spiro atoms. The molecule has 2 rings (SSSR count). The van der Waals surface area contributed by atoms with Crippen molar-refractivity contribution in [2.75, 3.05) is 18.4 Å². The number of aromatic nitrogens is 2. The summed E-state index contributed by atoms with van der Waals surface area (Å²) in [4.78, 5) is 11.6. The van der Waals surface area contributed by atoms with Gasteiger partial charge in [-0.3, -0.25) is 9.89 Å². The maximum atomic E-state index is 11.6. The molecule has 1 saturated carbocycles. The summed E-state index contributed by atoms with van der Waals surface area (Å²) in [7, 11) is 0. The van der Waals surface area contributed by atoms with Crippen LogP contribution in [-0.2, 0) is 4.79 Å². The van der Waals surface area contributed by atoms with Crippen LogP contribution in [0.4, 0.5) is 5.69 Å². The van der Waals surface area contributed by atoms with E-state index in [1.54, 1.807) is 0 Å². The Hall–Kier alpha value is -1.07. The van der Waals surface area contributed by atoms with Gasteiger partial charge in [-0.1, -0.05) is 0 Å². The van der Waals surface area contributed by atoms with Crippen LogP contribution in [0.1, 0.15) is 24.2 Å². The third-order valence-electron chi connectivity index (χ3n) is 2.81. The molecule has 0 radical (unpaired) electrons. The van der Waals surface area contributed by atoms with Crippen molar-refractivity contribution < 1.29 is 4.79 Å². The van der Waals surface area contributed by atoms with E-state index in [0.717, 1.165) is 29.5 Å². The normalized spacial score (nSPS) is 14.2. The molecule has 1 aromatic rings. The van der Waals surface area contributed by atoms with Crippen LogP contribution in [0.2, 0.25) is 0 Å². The van der Waals surface area contributed by atoms with Gasteiger partial charge in [-0.05, 0) is 39.2 Å². The maximum absolute atomic E-state index is 11.6. The van der Waals surface area contributed by atoms with Gasteiger partial charge in [-0.25, -0.2) is 0 Å². The van der Waals surface area contributed by atoms with E-state index in [-0.39, 0.29) is 18.3 Å². The molecule has 1 amide bonds. The SMILES string of the molecule is Cc1n[nH]c(C)c1NC(=O)CNCC1CC1.Cl. The lowest BCUT2D eigenvalue weighted by molar-refractivity contribution is -0.115. The molecule has 3 N–H and O–H groups in total. The van der Waals surface area contributed by atoms with Gasteiger partial charge < -0.3 is 10.6 Å². The molecular formula is C11H19ClN4O. The van der Waals surface area contributed by atoms with Gasteiger partial charge in [0.1, 0.15) is 0 Å². The van der Waals surface area contributed by atoms with Crippen molar-refractivity contribution >= 4 is 24.0 Å². The summed E-state index contributed by atoms with van der Waals surface area (Å²) < 4.78 is 0. The Morgan fingerprint density at radius 2 is 2.18 bits per heavy atom. The monoisotopic (exact) mass is 258 g/mol. The molecule has 1 heterocycles. The van der Waals surface area contributed by atoms with Gasteiger partial charge in [0.2, 0.25) is 5.91 Å². The first-order chi connectivity index (χ1) is 7.66. The fourth-order valence-corrected chi connectivity index (χ4v) is 1.63. The number of carbonyl (C=O) groups excluding carboxylic acids is 1. The molecule has 6 heteroatoms. The van der Waals surface area contributed by atoms with E-state index in [0.29, 0.717) is 6.54 Å². The Morgan fingerprint density at radius 3 is 2.71 bits per heavy atom. The highest BCUT2D eigenvalue weighted by atomic mass is 35.5. The van der Waals surface area contributed by atoms with Crippen molar-refractivity contribution in [2.45, 2.75) is 26.7 Å². The summed E-state index contributed by atoms with van der Waals surface area (Å²) in [5.41, 5.74) is 2.53. The molecule has 0 aliphatic heterocycles. The van der Waals surface area contributed by atoms with Gasteiger partial charge in [-0.2, -0.15) is 5.10 Å². The number of nitrogens with zero attached hydrogens (tertiary/aromatic N) is 1. The van der Waals surface area contributed by atoms with Gasteiger partial charge in [0.25, 0.3) is 0 Å². The van der Waals surface area contributed by atoms with Crippen LogP contribution < -0.4 is 10.6 Å². The number of amides is 1. The molecule has 0 bridgehead atoms. The summed E-state index contributed by atoms with van der Waals surface area (Å²) in [6, 6.07) is 0. The number of rotatable bonds is 5. The summed E-state index contributed by atoms with van der Waals surface area (Å²) in [5, 5.41) is 12.9. The third-order valence-corrected chi connectivity index (χ3v) is 2.81. The summed E-state index contributed by atoms with van der Waals surface area (Å²) in [5.74, 6) is 0.790. The lowest BCUT2D eigenvalue weighted by atomic mass is 10.3. The van der Waals surface area contributed by atoms with E-state index < -0.39 is 0 Å². The molecule has 1 aliphatic carbocycles. The molecule has 0 atom stereocenters. The van der Waals surface area contributed by atoms with Crippen molar-refractivity contribution in [1.82, 2.24) is 15.5 Å². The Bertz CT molecular complexity index is 367. The van der Waals surface area contributed by atoms with E-state index in [2.05, 4.69) is 20.8 Å². The Morgan fingerprint density at radius 1 is 1.47 bits per heavy atom. The largest absolute Gasteiger partial charge is 0.322 e. The zero-order valence-electron chi connectivity index (χ0n) is 10.2. The van der Waals surface area contributed by atoms with Gasteiger partial charge in [-0.15, -0.1) is 12.4 Å². The number of H-pyrrole nitrogens is 1. The molecule has 17 heavy (non-hydrogen) atoms. The van der Waals surface area contributed by atoms with Crippen molar-refractivity contribution in [3.63, 3.8) is 0 Å². The highest BCUT2D eigenvalue weighted by molar-refractivity contribution is 5.93. The Kier molecular flexibility index (Phi) is 4.96. The van der Waals surface area contributed by atoms with E-state index in [4.69, 9.17) is 0 Å². The summed E-state index contributed by atoms with van der Waals surface area (Å²) in [6.45, 7) is 5.10. The minimum atomic E-state index is -0.00625. The second-order valence-corrected chi connectivity index (χ2v) is 4.43. The first-order valence-electron chi connectivity index (χ1n) is 5.69. The molecule has 1 fully saturated rings. The first-order valence-corrected chi connectivity index (χ1v) is 5.69. The number of anilines is 1. The third kappa shape index (κ3) is 4.02. The quantitative estimate of drug-likeness (QED) is 0.748. The average molecular weight is 259 g/mol. The van der Waals surface area contributed by atoms with E-state index in [9.17, 15) is 4.79 Å². The van der Waals surface area contributed by atoms with Crippen molar-refractivity contribution in [3.8, 4) is 0 Å². The molecule has 5 nitrogen and oxygen atoms in total. The van der Waals surface area contributed by atoms with Crippen LogP contribution in [-0.4, -0.2) is 29.2 Å². The summed E-state index contributed by atoms with van der Waals surface area (Å²) in [6.07, 6.45) is 2.60. The zero-order valence-corrected chi connectivity index (χ0v) is 11.0. The number of aromatic amines is 1. The fraction of sp³-hybridized carbons (Fsp3) is 0.636. The van der Waals surface area contributed by atoms with E-state index in [1.165, 1.54) is 12.8 Å². The van der Waals surface area contributed by atoms with Gasteiger partial charge in [0.05, 0.1) is 23.6 Å². The molecule has 1 aromatic heterocycles. The number of hydrogen-bond donors (Lipinski definition) is 3. The average Bonchev–Trinajstić information content (AvgIpc) is 3.01. The van der Waals surface area contributed by atoms with Crippen molar-refractivity contribution in [2.24, 2.45) is 5.92 Å². The number of carbonyl (C=O) groups is 1. The van der Waals surface area contributed by atoms with Crippen molar-refractivity contribution in [1.29, 1.82) is 0 Å². The number of halogens is 1. The fourth-order valence-electron chi connectivity index (χ4n) is 1.63. The van der Waals surface area contributed by atoms with Crippen LogP contribution >= 0.6 is 12.4 Å². The van der Waals surface area contributed by atoms with Gasteiger partial charge in [0, 0.05) is 0 Å². The van der Waals surface area contributed by atoms with Crippen LogP contribution in [0.3, 0.4) is 0 Å². The number of hydrogen-bond acceptors (Lipinski definition) is 3. The van der Waals surface area contributed by atoms with Crippen LogP contribution in [0.25, 0.3) is 0 Å². The second kappa shape index (κ2) is 6.02. The molecule has 0 saturated heterocycles. The predicted molar refractivity (Wildman–Crippen MR) is 69.5 cm³/mol. The maximum Gasteiger partial charge on any atom is 0.238 e. The minimum Gasteiger partial charge on any atom is -0.322 e. The van der Waals surface area contributed by atoms with E-state index in [1.807, 2.05) is 13.8 Å². The number of nitrogens with one attached hydrogen (secondary N) is 3. The lowest BCUT2D eigenvalue weighted by Crippen LogP contribution is -2.29. The molecule has 96 valence electrons. The van der Waals surface area contributed by atoms with Crippen LogP contribution in [0.5, 0.6) is 0 Å². The van der Waals surface area contributed by atoms with Gasteiger partial charge in [0.15, 0.2) is 0 Å². The van der Waals surface area contributed by atoms with Crippen LogP contribution in [0, 0.1) is 19.8 Å². The smallest absolute Gasteiger partial charge is 0.238 e. The van der Waals surface area contributed by atoms with Gasteiger partial charge >= 0.3 is 0 Å². The highest BCUT2D eigenvalue weighted by Crippen LogP contribution is 2.27.